The molecule has 0 radical (unpaired) electrons. The molecule has 2 rings (SSSR count). The molecule has 0 bridgehead atoms. The van der Waals surface area contributed by atoms with Crippen LogP contribution in [0.15, 0.2) is 39.5 Å². The summed E-state index contributed by atoms with van der Waals surface area (Å²) >= 11 is 4.63. The Labute approximate surface area is 120 Å². The molecule has 0 fully saturated rings. The van der Waals surface area contributed by atoms with Crippen LogP contribution in [0.4, 0.5) is 13.2 Å². The summed E-state index contributed by atoms with van der Waals surface area (Å²) in [6.07, 6.45) is -4.72. The molecule has 0 aliphatic heterocycles. The maximum absolute atomic E-state index is 12.2. The Bertz CT molecular complexity index is 557. The summed E-state index contributed by atoms with van der Waals surface area (Å²) in [6, 6.07) is 5.56. The number of halogens is 4. The molecular weight excluding hydrogens is 343 g/mol. The van der Waals surface area contributed by atoms with E-state index in [1.165, 1.54) is 23.5 Å². The van der Waals surface area contributed by atoms with Crippen LogP contribution in [0.2, 0.25) is 0 Å². The van der Waals surface area contributed by atoms with Crippen LogP contribution >= 0.6 is 27.3 Å². The van der Waals surface area contributed by atoms with Crippen molar-refractivity contribution in [1.82, 2.24) is 0 Å². The van der Waals surface area contributed by atoms with Crippen molar-refractivity contribution in [2.24, 2.45) is 5.73 Å². The van der Waals surface area contributed by atoms with E-state index in [4.69, 9.17) is 5.73 Å². The van der Waals surface area contributed by atoms with Crippen molar-refractivity contribution in [2.45, 2.75) is 12.4 Å². The van der Waals surface area contributed by atoms with Crippen LogP contribution in [0.5, 0.6) is 5.75 Å². The normalized spacial score (nSPS) is 13.3. The molecule has 0 saturated carbocycles. The maximum Gasteiger partial charge on any atom is 0.573 e. The van der Waals surface area contributed by atoms with Crippen molar-refractivity contribution < 1.29 is 17.9 Å². The van der Waals surface area contributed by atoms with Crippen LogP contribution in [0, 0.1) is 0 Å². The molecular formula is C12H9BrF3NOS. The minimum Gasteiger partial charge on any atom is -0.406 e. The summed E-state index contributed by atoms with van der Waals surface area (Å²) in [5.74, 6) is -0.289. The number of hydrogen-bond donors (Lipinski definition) is 1. The zero-order chi connectivity index (χ0) is 14.0. The lowest BCUT2D eigenvalue weighted by atomic mass is 10.0. The van der Waals surface area contributed by atoms with Gasteiger partial charge in [0.15, 0.2) is 0 Å². The molecule has 0 aliphatic rings. The van der Waals surface area contributed by atoms with Crippen molar-refractivity contribution in [1.29, 1.82) is 0 Å². The highest BCUT2D eigenvalue weighted by Crippen LogP contribution is 2.31. The van der Waals surface area contributed by atoms with Crippen molar-refractivity contribution >= 4 is 27.3 Å². The molecule has 1 heterocycles. The van der Waals surface area contributed by atoms with Crippen LogP contribution in [-0.2, 0) is 0 Å². The monoisotopic (exact) mass is 351 g/mol. The van der Waals surface area contributed by atoms with Crippen molar-refractivity contribution in [3.05, 3.63) is 50.6 Å². The van der Waals surface area contributed by atoms with E-state index < -0.39 is 12.4 Å². The van der Waals surface area contributed by atoms with E-state index in [9.17, 15) is 13.2 Å². The zero-order valence-electron chi connectivity index (χ0n) is 9.45. The molecule has 0 amide bonds. The second-order valence-electron chi connectivity index (χ2n) is 3.80. The van der Waals surface area contributed by atoms with Crippen molar-refractivity contribution in [3.63, 3.8) is 0 Å². The Morgan fingerprint density at radius 1 is 1.21 bits per heavy atom. The smallest absolute Gasteiger partial charge is 0.406 e. The molecule has 1 aromatic heterocycles. The third kappa shape index (κ3) is 3.95. The first-order valence-electron chi connectivity index (χ1n) is 5.19. The van der Waals surface area contributed by atoms with Gasteiger partial charge in [-0.15, -0.1) is 13.2 Å². The number of benzene rings is 1. The van der Waals surface area contributed by atoms with Crippen LogP contribution < -0.4 is 10.5 Å². The highest BCUT2D eigenvalue weighted by atomic mass is 79.9. The number of ether oxygens (including phenoxy) is 1. The topological polar surface area (TPSA) is 35.2 Å². The Balaban J connectivity index is 2.31. The van der Waals surface area contributed by atoms with Gasteiger partial charge in [0.05, 0.1) is 6.04 Å². The number of nitrogens with two attached hydrogens (primary N) is 1. The summed E-state index contributed by atoms with van der Waals surface area (Å²) in [5, 5.41) is 3.72. The number of thiophene rings is 1. The predicted octanol–water partition coefficient (Wildman–Crippen LogP) is 4.46. The molecule has 19 heavy (non-hydrogen) atoms. The lowest BCUT2D eigenvalue weighted by molar-refractivity contribution is -0.274. The van der Waals surface area contributed by atoms with E-state index in [0.717, 1.165) is 5.56 Å². The average Bonchev–Trinajstić information content (AvgIpc) is 2.77. The van der Waals surface area contributed by atoms with Crippen LogP contribution in [0.3, 0.4) is 0 Å². The highest BCUT2D eigenvalue weighted by Gasteiger charge is 2.31. The van der Waals surface area contributed by atoms with Crippen molar-refractivity contribution in [2.75, 3.05) is 0 Å². The molecule has 1 atom stereocenters. The lowest BCUT2D eigenvalue weighted by Gasteiger charge is -2.14. The summed E-state index contributed by atoms with van der Waals surface area (Å²) in [6.45, 7) is 0. The molecule has 2 N–H and O–H groups in total. The molecule has 2 aromatic rings. The zero-order valence-corrected chi connectivity index (χ0v) is 11.8. The summed E-state index contributed by atoms with van der Waals surface area (Å²) in [5.41, 5.74) is 7.41. The van der Waals surface area contributed by atoms with Crippen LogP contribution in [-0.4, -0.2) is 6.36 Å². The molecule has 0 unspecified atom stereocenters. The van der Waals surface area contributed by atoms with Gasteiger partial charge < -0.3 is 10.5 Å². The molecule has 1 aromatic carbocycles. The first-order chi connectivity index (χ1) is 8.85. The fourth-order valence-corrected chi connectivity index (χ4v) is 2.79. The fourth-order valence-electron chi connectivity index (χ4n) is 1.60. The van der Waals surface area contributed by atoms with Gasteiger partial charge in [-0.2, -0.15) is 11.3 Å². The van der Waals surface area contributed by atoms with E-state index in [-0.39, 0.29) is 5.75 Å². The standard InChI is InChI=1S/C12H9BrF3NOS/c13-9-3-8(11(17)7-1-2-19-6-7)4-10(5-9)18-12(14,15)16/h1-6,11H,17H2/t11-/m1/s1. The van der Waals surface area contributed by atoms with Crippen LogP contribution in [0.1, 0.15) is 17.2 Å². The van der Waals surface area contributed by atoms with E-state index >= 15 is 0 Å². The number of hydrogen-bond acceptors (Lipinski definition) is 3. The van der Waals surface area contributed by atoms with Gasteiger partial charge in [-0.1, -0.05) is 15.9 Å². The molecule has 0 saturated heterocycles. The van der Waals surface area contributed by atoms with E-state index in [1.807, 2.05) is 16.8 Å². The Morgan fingerprint density at radius 3 is 2.53 bits per heavy atom. The Hall–Kier alpha value is -1.05. The van der Waals surface area contributed by atoms with Gasteiger partial charge in [0.1, 0.15) is 5.75 Å². The third-order valence-corrected chi connectivity index (χ3v) is 3.55. The summed E-state index contributed by atoms with van der Waals surface area (Å²) in [7, 11) is 0. The second-order valence-corrected chi connectivity index (χ2v) is 5.50. The van der Waals surface area contributed by atoms with Gasteiger partial charge in [0.25, 0.3) is 0 Å². The second kappa shape index (κ2) is 5.52. The predicted molar refractivity (Wildman–Crippen MR) is 71.2 cm³/mol. The van der Waals surface area contributed by atoms with Gasteiger partial charge >= 0.3 is 6.36 Å². The van der Waals surface area contributed by atoms with Crippen molar-refractivity contribution in [3.8, 4) is 5.75 Å². The van der Waals surface area contributed by atoms with E-state index in [0.29, 0.717) is 10.0 Å². The van der Waals surface area contributed by atoms with Crippen LogP contribution in [0.25, 0.3) is 0 Å². The Kier molecular flexibility index (Phi) is 4.17. The lowest BCUT2D eigenvalue weighted by Crippen LogP contribution is -2.18. The summed E-state index contributed by atoms with van der Waals surface area (Å²) < 4.78 is 41.0. The van der Waals surface area contributed by atoms with E-state index in [2.05, 4.69) is 20.7 Å². The molecule has 102 valence electrons. The maximum atomic E-state index is 12.2. The average molecular weight is 352 g/mol. The third-order valence-electron chi connectivity index (χ3n) is 2.39. The SMILES string of the molecule is N[C@H](c1ccsc1)c1cc(Br)cc(OC(F)(F)F)c1. The van der Waals surface area contributed by atoms with Gasteiger partial charge in [0, 0.05) is 4.47 Å². The molecule has 0 aliphatic carbocycles. The van der Waals surface area contributed by atoms with Gasteiger partial charge in [-0.25, -0.2) is 0 Å². The first kappa shape index (κ1) is 14.4. The van der Waals surface area contributed by atoms with Gasteiger partial charge in [-0.3, -0.25) is 0 Å². The Morgan fingerprint density at radius 2 is 1.95 bits per heavy atom. The minimum atomic E-state index is -4.72. The highest BCUT2D eigenvalue weighted by molar-refractivity contribution is 9.10. The molecule has 2 nitrogen and oxygen atoms in total. The minimum absolute atomic E-state index is 0.289. The number of alkyl halides is 3. The van der Waals surface area contributed by atoms with Gasteiger partial charge in [-0.05, 0) is 46.2 Å². The van der Waals surface area contributed by atoms with E-state index in [1.54, 1.807) is 6.07 Å². The molecule has 7 heteroatoms. The molecule has 0 spiro atoms. The summed E-state index contributed by atoms with van der Waals surface area (Å²) in [4.78, 5) is 0. The number of rotatable bonds is 3. The quantitative estimate of drug-likeness (QED) is 0.885. The first-order valence-corrected chi connectivity index (χ1v) is 6.92. The van der Waals surface area contributed by atoms with Gasteiger partial charge in [0.2, 0.25) is 0 Å². The largest absolute Gasteiger partial charge is 0.573 e. The fraction of sp³-hybridized carbons (Fsp3) is 0.167.